The molecule has 0 atom stereocenters. The molecule has 1 heterocycles. The maximum Gasteiger partial charge on any atom is 0.160 e. The smallest absolute Gasteiger partial charge is 0.160 e. The summed E-state index contributed by atoms with van der Waals surface area (Å²) < 4.78 is 26.3. The largest absolute Gasteiger partial charge is 0.394 e. The van der Waals surface area contributed by atoms with Crippen LogP contribution in [0.3, 0.4) is 0 Å². The van der Waals surface area contributed by atoms with E-state index in [0.29, 0.717) is 27.2 Å². The van der Waals surface area contributed by atoms with E-state index in [4.69, 9.17) is 17.3 Å². The quantitative estimate of drug-likeness (QED) is 0.645. The molecule has 0 unspecified atom stereocenters. The Morgan fingerprint density at radius 1 is 1.00 bits per heavy atom. The summed E-state index contributed by atoms with van der Waals surface area (Å²) in [6.45, 7) is 0. The van der Waals surface area contributed by atoms with Crippen molar-refractivity contribution < 1.29 is 8.78 Å². The molecule has 0 aliphatic rings. The number of nitrogens with two attached hydrogens (primary N) is 1. The number of rotatable bonds is 4. The molecular weight excluding hydrogens is 354 g/mol. The van der Waals surface area contributed by atoms with Gasteiger partial charge in [-0.15, -0.1) is 0 Å². The van der Waals surface area contributed by atoms with Crippen LogP contribution >= 0.6 is 23.4 Å². The van der Waals surface area contributed by atoms with Crippen LogP contribution < -0.4 is 11.1 Å². The van der Waals surface area contributed by atoms with Gasteiger partial charge in [-0.2, -0.15) is 0 Å². The van der Waals surface area contributed by atoms with Crippen LogP contribution in [0, 0.1) is 11.6 Å². The number of nitrogens with zero attached hydrogens (tertiary/aromatic N) is 2. The van der Waals surface area contributed by atoms with Crippen molar-refractivity contribution in [2.45, 2.75) is 9.92 Å². The Bertz CT molecular complexity index is 874. The number of nitrogen functional groups attached to an aromatic ring is 1. The van der Waals surface area contributed by atoms with Gasteiger partial charge in [0.25, 0.3) is 0 Å². The summed E-state index contributed by atoms with van der Waals surface area (Å²) in [6, 6.07) is 10.7. The van der Waals surface area contributed by atoms with E-state index in [1.807, 2.05) is 12.1 Å². The topological polar surface area (TPSA) is 63.8 Å². The van der Waals surface area contributed by atoms with Gasteiger partial charge in [-0.25, -0.2) is 18.7 Å². The van der Waals surface area contributed by atoms with Gasteiger partial charge in [0.2, 0.25) is 0 Å². The Hall–Kier alpha value is -2.38. The molecule has 4 nitrogen and oxygen atoms in total. The van der Waals surface area contributed by atoms with Crippen LogP contribution in [-0.4, -0.2) is 9.97 Å². The third-order valence-electron chi connectivity index (χ3n) is 3.06. The second-order valence-electron chi connectivity index (χ2n) is 4.75. The highest BCUT2D eigenvalue weighted by Gasteiger charge is 2.11. The molecule has 2 aromatic carbocycles. The average molecular weight is 365 g/mol. The van der Waals surface area contributed by atoms with Gasteiger partial charge in [-0.1, -0.05) is 23.4 Å². The van der Waals surface area contributed by atoms with Gasteiger partial charge in [-0.3, -0.25) is 0 Å². The molecule has 0 bridgehead atoms. The van der Waals surface area contributed by atoms with Gasteiger partial charge >= 0.3 is 0 Å². The van der Waals surface area contributed by atoms with E-state index >= 15 is 0 Å². The first-order valence-electron chi connectivity index (χ1n) is 6.79. The molecule has 0 saturated heterocycles. The minimum atomic E-state index is -0.955. The van der Waals surface area contributed by atoms with Crippen molar-refractivity contribution in [3.05, 3.63) is 65.4 Å². The molecule has 0 fully saturated rings. The van der Waals surface area contributed by atoms with Gasteiger partial charge in [0, 0.05) is 21.7 Å². The van der Waals surface area contributed by atoms with Crippen LogP contribution in [-0.2, 0) is 0 Å². The highest BCUT2D eigenvalue weighted by molar-refractivity contribution is 7.99. The summed E-state index contributed by atoms with van der Waals surface area (Å²) in [5.41, 5.74) is 6.72. The standard InChI is InChI=1S/C16H11ClF2N4S/c17-9-1-4-11(5-2-9)24-16-14(20)15(21-8-22-16)23-10-3-6-12(18)13(19)7-10/h1-8H,20H2,(H,21,22,23). The Morgan fingerprint density at radius 3 is 2.46 bits per heavy atom. The van der Waals surface area contributed by atoms with Gasteiger partial charge in [0.15, 0.2) is 17.5 Å². The first-order chi connectivity index (χ1) is 11.5. The molecule has 0 aliphatic heterocycles. The van der Waals surface area contributed by atoms with E-state index in [9.17, 15) is 8.78 Å². The normalized spacial score (nSPS) is 10.6. The molecule has 0 radical (unpaired) electrons. The van der Waals surface area contributed by atoms with Gasteiger partial charge in [0.1, 0.15) is 17.0 Å². The van der Waals surface area contributed by atoms with Crippen LogP contribution in [0.2, 0.25) is 5.02 Å². The molecule has 3 aromatic rings. The molecule has 1 aromatic heterocycles. The number of halogens is 3. The Balaban J connectivity index is 1.84. The maximum atomic E-state index is 13.3. The summed E-state index contributed by atoms with van der Waals surface area (Å²) in [4.78, 5) is 9.10. The van der Waals surface area contributed by atoms with Crippen molar-refractivity contribution in [2.24, 2.45) is 0 Å². The van der Waals surface area contributed by atoms with E-state index in [2.05, 4.69) is 15.3 Å². The number of anilines is 3. The molecule has 3 N–H and O–H groups in total. The second kappa shape index (κ2) is 7.02. The van der Waals surface area contributed by atoms with Crippen LogP contribution in [0.15, 0.2) is 58.7 Å². The summed E-state index contributed by atoms with van der Waals surface area (Å²) in [7, 11) is 0. The van der Waals surface area contributed by atoms with Crippen molar-refractivity contribution in [1.82, 2.24) is 9.97 Å². The summed E-state index contributed by atoms with van der Waals surface area (Å²) >= 11 is 7.20. The van der Waals surface area contributed by atoms with Crippen molar-refractivity contribution in [1.29, 1.82) is 0 Å². The molecule has 0 spiro atoms. The maximum absolute atomic E-state index is 13.3. The van der Waals surface area contributed by atoms with E-state index in [0.717, 1.165) is 17.0 Å². The lowest BCUT2D eigenvalue weighted by Crippen LogP contribution is -2.02. The van der Waals surface area contributed by atoms with Gasteiger partial charge in [-0.05, 0) is 36.4 Å². The first kappa shape index (κ1) is 16.5. The van der Waals surface area contributed by atoms with Crippen LogP contribution in [0.4, 0.5) is 26.0 Å². The molecule has 0 amide bonds. The predicted octanol–water partition coefficient (Wildman–Crippen LogP) is 4.89. The zero-order chi connectivity index (χ0) is 17.1. The lowest BCUT2D eigenvalue weighted by molar-refractivity contribution is 0.509. The highest BCUT2D eigenvalue weighted by atomic mass is 35.5. The molecule has 8 heteroatoms. The number of aromatic nitrogens is 2. The van der Waals surface area contributed by atoms with Crippen molar-refractivity contribution >= 4 is 40.6 Å². The Kier molecular flexibility index (Phi) is 4.82. The van der Waals surface area contributed by atoms with E-state index < -0.39 is 11.6 Å². The monoisotopic (exact) mass is 364 g/mol. The van der Waals surface area contributed by atoms with E-state index in [1.54, 1.807) is 12.1 Å². The fraction of sp³-hybridized carbons (Fsp3) is 0. The minimum Gasteiger partial charge on any atom is -0.394 e. The molecule has 0 saturated carbocycles. The van der Waals surface area contributed by atoms with Crippen molar-refractivity contribution in [3.8, 4) is 0 Å². The highest BCUT2D eigenvalue weighted by Crippen LogP contribution is 2.34. The fourth-order valence-corrected chi connectivity index (χ4v) is 2.81. The molecule has 3 rings (SSSR count). The third kappa shape index (κ3) is 3.74. The Labute approximate surface area is 146 Å². The molecular formula is C16H11ClF2N4S. The van der Waals surface area contributed by atoms with Crippen molar-refractivity contribution in [3.63, 3.8) is 0 Å². The number of hydrogen-bond donors (Lipinski definition) is 2. The number of hydrogen-bond acceptors (Lipinski definition) is 5. The average Bonchev–Trinajstić information content (AvgIpc) is 2.57. The zero-order valence-electron chi connectivity index (χ0n) is 12.1. The molecule has 122 valence electrons. The predicted molar refractivity (Wildman–Crippen MR) is 91.7 cm³/mol. The van der Waals surface area contributed by atoms with E-state index in [1.165, 1.54) is 24.2 Å². The van der Waals surface area contributed by atoms with Crippen molar-refractivity contribution in [2.75, 3.05) is 11.1 Å². The molecule has 0 aliphatic carbocycles. The first-order valence-corrected chi connectivity index (χ1v) is 7.98. The summed E-state index contributed by atoms with van der Waals surface area (Å²) in [5, 5.41) is 4.03. The second-order valence-corrected chi connectivity index (χ2v) is 6.25. The summed E-state index contributed by atoms with van der Waals surface area (Å²) in [5.74, 6) is -1.56. The van der Waals surface area contributed by atoms with E-state index in [-0.39, 0.29) is 0 Å². The molecule has 24 heavy (non-hydrogen) atoms. The third-order valence-corrected chi connectivity index (χ3v) is 4.34. The fourth-order valence-electron chi connectivity index (χ4n) is 1.89. The summed E-state index contributed by atoms with van der Waals surface area (Å²) in [6.07, 6.45) is 1.34. The zero-order valence-corrected chi connectivity index (χ0v) is 13.7. The number of benzene rings is 2. The van der Waals surface area contributed by atoms with Crippen LogP contribution in [0.25, 0.3) is 0 Å². The SMILES string of the molecule is Nc1c(Nc2ccc(F)c(F)c2)ncnc1Sc1ccc(Cl)cc1. The lowest BCUT2D eigenvalue weighted by atomic mass is 10.3. The van der Waals surface area contributed by atoms with Crippen LogP contribution in [0.5, 0.6) is 0 Å². The Morgan fingerprint density at radius 2 is 1.75 bits per heavy atom. The van der Waals surface area contributed by atoms with Crippen LogP contribution in [0.1, 0.15) is 0 Å². The van der Waals surface area contributed by atoms with Gasteiger partial charge < -0.3 is 11.1 Å². The number of nitrogens with one attached hydrogen (secondary N) is 1. The van der Waals surface area contributed by atoms with Gasteiger partial charge in [0.05, 0.1) is 0 Å². The lowest BCUT2D eigenvalue weighted by Gasteiger charge is -2.11. The minimum absolute atomic E-state index is 0.308.